The summed E-state index contributed by atoms with van der Waals surface area (Å²) < 4.78 is 11.7. The van der Waals surface area contributed by atoms with Gasteiger partial charge in [0.15, 0.2) is 11.5 Å². The number of nitrogens with zero attached hydrogens (tertiary/aromatic N) is 1. The molecule has 0 unspecified atom stereocenters. The zero-order valence-electron chi connectivity index (χ0n) is 18.6. The van der Waals surface area contributed by atoms with E-state index in [0.29, 0.717) is 40.8 Å². The van der Waals surface area contributed by atoms with Gasteiger partial charge >= 0.3 is 0 Å². The van der Waals surface area contributed by atoms with Gasteiger partial charge in [-0.3, -0.25) is 15.0 Å². The predicted octanol–water partition coefficient (Wildman–Crippen LogP) is 5.12. The Bertz CT molecular complexity index is 1250. The average Bonchev–Trinajstić information content (AvgIpc) is 3.13. The van der Waals surface area contributed by atoms with E-state index in [2.05, 4.69) is 12.0 Å². The summed E-state index contributed by atoms with van der Waals surface area (Å²) in [5.41, 5.74) is 5.64. The van der Waals surface area contributed by atoms with Gasteiger partial charge in [0.05, 0.1) is 12.8 Å². The first kappa shape index (κ1) is 23.1. The van der Waals surface area contributed by atoms with E-state index in [9.17, 15) is 9.59 Å². The Kier molecular flexibility index (Phi) is 6.99. The molecule has 0 saturated carbocycles. The summed E-state index contributed by atoms with van der Waals surface area (Å²) in [4.78, 5) is 25.5. The minimum atomic E-state index is -0.471. The minimum Gasteiger partial charge on any atom is -0.493 e. The summed E-state index contributed by atoms with van der Waals surface area (Å²) in [6.07, 6.45) is 3.82. The quantitative estimate of drug-likeness (QED) is 0.279. The highest BCUT2D eigenvalue weighted by Crippen LogP contribution is 2.35. The molecule has 1 fully saturated rings. The first-order chi connectivity index (χ1) is 16.5. The molecular formula is C27H23ClN2O4. The van der Waals surface area contributed by atoms with E-state index >= 15 is 0 Å². The average molecular weight is 475 g/mol. The molecule has 0 bridgehead atoms. The fraction of sp³-hybridized carbons (Fsp3) is 0.111. The molecule has 34 heavy (non-hydrogen) atoms. The number of hydrogen-bond donors (Lipinski definition) is 1. The highest BCUT2D eigenvalue weighted by Gasteiger charge is 2.34. The molecule has 1 heterocycles. The maximum Gasteiger partial charge on any atom is 0.282 e. The molecule has 6 nitrogen and oxygen atoms in total. The molecule has 2 amide bonds. The second kappa shape index (κ2) is 10.3. The zero-order chi connectivity index (χ0) is 24.1. The number of hydrogen-bond acceptors (Lipinski definition) is 4. The lowest BCUT2D eigenvalue weighted by atomic mass is 10.0. The van der Waals surface area contributed by atoms with Crippen LogP contribution in [0.15, 0.2) is 85.0 Å². The molecule has 3 aromatic rings. The van der Waals surface area contributed by atoms with Crippen LogP contribution in [-0.2, 0) is 22.6 Å². The van der Waals surface area contributed by atoms with Crippen molar-refractivity contribution in [2.24, 2.45) is 0 Å². The molecule has 1 saturated heterocycles. The number of allylic oxidation sites excluding steroid dienone is 1. The molecule has 1 aliphatic heterocycles. The van der Waals surface area contributed by atoms with Gasteiger partial charge in [-0.15, -0.1) is 6.58 Å². The van der Waals surface area contributed by atoms with E-state index in [1.807, 2.05) is 24.3 Å². The molecule has 0 aromatic heterocycles. The van der Waals surface area contributed by atoms with E-state index in [1.165, 1.54) is 5.01 Å². The van der Waals surface area contributed by atoms with Gasteiger partial charge in [-0.2, -0.15) is 0 Å². The van der Waals surface area contributed by atoms with Crippen LogP contribution in [0.4, 0.5) is 5.69 Å². The number of nitrogens with one attached hydrogen (secondary N) is 1. The van der Waals surface area contributed by atoms with Crippen LogP contribution in [0.2, 0.25) is 5.02 Å². The molecule has 0 aliphatic carbocycles. The number of ether oxygens (including phenoxy) is 2. The zero-order valence-corrected chi connectivity index (χ0v) is 19.3. The summed E-state index contributed by atoms with van der Waals surface area (Å²) in [6.45, 7) is 4.15. The smallest absolute Gasteiger partial charge is 0.282 e. The third-order valence-electron chi connectivity index (χ3n) is 5.25. The Balaban J connectivity index is 1.64. The van der Waals surface area contributed by atoms with Gasteiger partial charge in [-0.05, 0) is 60.0 Å². The largest absolute Gasteiger partial charge is 0.493 e. The van der Waals surface area contributed by atoms with E-state index in [1.54, 1.807) is 61.7 Å². The Morgan fingerprint density at radius 3 is 2.47 bits per heavy atom. The molecule has 7 heteroatoms. The molecule has 3 aromatic carbocycles. The lowest BCUT2D eigenvalue weighted by molar-refractivity contribution is -0.117. The monoisotopic (exact) mass is 474 g/mol. The standard InChI is InChI=1S/C27H23ClN2O4/c1-3-7-20-14-19(15-23-26(31)29-30(27(23)32)22-8-5-4-6-9-22)16-24(33-2)25(20)34-17-18-10-12-21(28)13-11-18/h3-6,8-16H,1,7,17H2,2H3,(H,29,31)/b23-15-. The third-order valence-corrected chi connectivity index (χ3v) is 5.50. The van der Waals surface area contributed by atoms with E-state index in [4.69, 9.17) is 21.1 Å². The molecule has 172 valence electrons. The number of rotatable bonds is 8. The maximum absolute atomic E-state index is 12.9. The normalized spacial score (nSPS) is 14.3. The lowest BCUT2D eigenvalue weighted by Crippen LogP contribution is -2.35. The second-order valence-electron chi connectivity index (χ2n) is 7.59. The number of anilines is 1. The first-order valence-electron chi connectivity index (χ1n) is 10.6. The van der Waals surface area contributed by atoms with Crippen molar-refractivity contribution in [1.29, 1.82) is 0 Å². The topological polar surface area (TPSA) is 67.9 Å². The van der Waals surface area contributed by atoms with Crippen LogP contribution in [0, 0.1) is 0 Å². The van der Waals surface area contributed by atoms with Crippen molar-refractivity contribution >= 4 is 35.2 Å². The number of hydrazine groups is 1. The number of halogens is 1. The van der Waals surface area contributed by atoms with Crippen LogP contribution in [0.25, 0.3) is 6.08 Å². The van der Waals surface area contributed by atoms with Gasteiger partial charge < -0.3 is 9.47 Å². The molecule has 0 radical (unpaired) electrons. The highest BCUT2D eigenvalue weighted by molar-refractivity contribution is 6.31. The molecule has 0 spiro atoms. The number of para-hydroxylation sites is 1. The Labute approximate surface area is 203 Å². The van der Waals surface area contributed by atoms with Crippen LogP contribution < -0.4 is 19.9 Å². The lowest BCUT2D eigenvalue weighted by Gasteiger charge is -2.16. The van der Waals surface area contributed by atoms with Gasteiger partial charge in [0, 0.05) is 10.6 Å². The Morgan fingerprint density at radius 2 is 1.79 bits per heavy atom. The Hall–Kier alpha value is -4.03. The summed E-state index contributed by atoms with van der Waals surface area (Å²) in [5, 5.41) is 1.89. The highest BCUT2D eigenvalue weighted by atomic mass is 35.5. The van der Waals surface area contributed by atoms with Gasteiger partial charge in [0.2, 0.25) is 0 Å². The van der Waals surface area contributed by atoms with E-state index in [0.717, 1.165) is 11.1 Å². The van der Waals surface area contributed by atoms with Crippen molar-refractivity contribution in [2.45, 2.75) is 13.0 Å². The van der Waals surface area contributed by atoms with E-state index < -0.39 is 11.8 Å². The van der Waals surface area contributed by atoms with Crippen molar-refractivity contribution in [3.05, 3.63) is 107 Å². The first-order valence-corrected chi connectivity index (χ1v) is 11.0. The van der Waals surface area contributed by atoms with Crippen LogP contribution >= 0.6 is 11.6 Å². The molecule has 1 N–H and O–H groups in total. The third kappa shape index (κ3) is 4.97. The van der Waals surface area contributed by atoms with Crippen LogP contribution in [0.1, 0.15) is 16.7 Å². The molecule has 0 atom stereocenters. The summed E-state index contributed by atoms with van der Waals surface area (Å²) in [7, 11) is 1.55. The maximum atomic E-state index is 12.9. The Morgan fingerprint density at radius 1 is 1.06 bits per heavy atom. The fourth-order valence-corrected chi connectivity index (χ4v) is 3.73. The fourth-order valence-electron chi connectivity index (χ4n) is 3.61. The number of carbonyl (C=O) groups is 2. The van der Waals surface area contributed by atoms with Crippen molar-refractivity contribution in [3.63, 3.8) is 0 Å². The SMILES string of the molecule is C=CCc1cc(/C=C2/C(=O)NN(c3ccccc3)C2=O)cc(OC)c1OCc1ccc(Cl)cc1. The number of benzene rings is 3. The van der Waals surface area contributed by atoms with Gasteiger partial charge in [0.25, 0.3) is 11.8 Å². The van der Waals surface area contributed by atoms with Crippen LogP contribution in [0.5, 0.6) is 11.5 Å². The molecular weight excluding hydrogens is 452 g/mol. The van der Waals surface area contributed by atoms with E-state index in [-0.39, 0.29) is 5.57 Å². The van der Waals surface area contributed by atoms with Gasteiger partial charge in [0.1, 0.15) is 12.2 Å². The molecule has 4 rings (SSSR count). The van der Waals surface area contributed by atoms with Crippen molar-refractivity contribution in [2.75, 3.05) is 12.1 Å². The summed E-state index contributed by atoms with van der Waals surface area (Å²) >= 11 is 5.96. The summed E-state index contributed by atoms with van der Waals surface area (Å²) in [6, 6.07) is 19.9. The number of methoxy groups -OCH3 is 1. The van der Waals surface area contributed by atoms with Gasteiger partial charge in [-0.25, -0.2) is 5.01 Å². The van der Waals surface area contributed by atoms with Gasteiger partial charge in [-0.1, -0.05) is 48.0 Å². The molecule has 1 aliphatic rings. The van der Waals surface area contributed by atoms with Crippen LogP contribution in [0.3, 0.4) is 0 Å². The van der Waals surface area contributed by atoms with Crippen LogP contribution in [-0.4, -0.2) is 18.9 Å². The van der Waals surface area contributed by atoms with Crippen molar-refractivity contribution < 1.29 is 19.1 Å². The number of carbonyl (C=O) groups excluding carboxylic acids is 2. The second-order valence-corrected chi connectivity index (χ2v) is 8.03. The minimum absolute atomic E-state index is 0.0327. The summed E-state index contributed by atoms with van der Waals surface area (Å²) in [5.74, 6) is 0.170. The number of amides is 2. The predicted molar refractivity (Wildman–Crippen MR) is 133 cm³/mol. The van der Waals surface area contributed by atoms with Crippen molar-refractivity contribution in [3.8, 4) is 11.5 Å². The van der Waals surface area contributed by atoms with Crippen molar-refractivity contribution in [1.82, 2.24) is 5.43 Å².